The van der Waals surface area contributed by atoms with E-state index in [9.17, 15) is 4.79 Å². The summed E-state index contributed by atoms with van der Waals surface area (Å²) in [4.78, 5) is 17.5. The lowest BCUT2D eigenvalue weighted by atomic mass is 10.2. The molecule has 3 heterocycles. The van der Waals surface area contributed by atoms with Gasteiger partial charge in [0.15, 0.2) is 5.82 Å². The van der Waals surface area contributed by atoms with Crippen LogP contribution in [0.15, 0.2) is 0 Å². The fourth-order valence-corrected chi connectivity index (χ4v) is 3.76. The molecular formula is C18H31N5O. The van der Waals surface area contributed by atoms with Gasteiger partial charge < -0.3 is 10.2 Å². The number of hydrogen-bond donors (Lipinski definition) is 1. The Bertz CT molecular complexity index is 568. The average molecular weight is 333 g/mol. The van der Waals surface area contributed by atoms with Gasteiger partial charge in [-0.1, -0.05) is 12.8 Å². The molecule has 2 fully saturated rings. The van der Waals surface area contributed by atoms with E-state index < -0.39 is 0 Å². The van der Waals surface area contributed by atoms with Crippen molar-refractivity contribution in [2.45, 2.75) is 58.4 Å². The third kappa shape index (κ3) is 3.58. The zero-order valence-electron chi connectivity index (χ0n) is 15.3. The summed E-state index contributed by atoms with van der Waals surface area (Å²) in [5, 5.41) is 7.83. The Labute approximate surface area is 145 Å². The van der Waals surface area contributed by atoms with Crippen LogP contribution in [0.5, 0.6) is 0 Å². The molecule has 2 aliphatic heterocycles. The van der Waals surface area contributed by atoms with Gasteiger partial charge in [0.25, 0.3) is 0 Å². The number of amides is 1. The fraction of sp³-hybridized carbons (Fsp3) is 0.778. The number of anilines is 2. The second-order valence-corrected chi connectivity index (χ2v) is 7.22. The van der Waals surface area contributed by atoms with Gasteiger partial charge >= 0.3 is 0 Å². The van der Waals surface area contributed by atoms with Gasteiger partial charge in [0.1, 0.15) is 5.69 Å². The van der Waals surface area contributed by atoms with Crippen LogP contribution < -0.4 is 10.2 Å². The van der Waals surface area contributed by atoms with Crippen molar-refractivity contribution in [3.05, 3.63) is 5.69 Å². The minimum absolute atomic E-state index is 0.0888. The van der Waals surface area contributed by atoms with Gasteiger partial charge in [-0.3, -0.25) is 14.4 Å². The minimum atomic E-state index is -0.0888. The second-order valence-electron chi connectivity index (χ2n) is 7.22. The summed E-state index contributed by atoms with van der Waals surface area (Å²) < 4.78 is 1.87. The highest BCUT2D eigenvalue weighted by molar-refractivity contribution is 5.97. The number of likely N-dealkylation sites (tertiary alicyclic amines) is 1. The van der Waals surface area contributed by atoms with Gasteiger partial charge in [-0.05, 0) is 52.6 Å². The van der Waals surface area contributed by atoms with E-state index in [2.05, 4.69) is 20.2 Å². The molecule has 1 unspecified atom stereocenters. The second kappa shape index (κ2) is 7.55. The van der Waals surface area contributed by atoms with E-state index in [0.29, 0.717) is 0 Å². The van der Waals surface area contributed by atoms with Gasteiger partial charge in [0.05, 0.1) is 11.7 Å². The number of aromatic nitrogens is 2. The first-order chi connectivity index (χ1) is 11.6. The highest BCUT2D eigenvalue weighted by Crippen LogP contribution is 2.30. The lowest BCUT2D eigenvalue weighted by molar-refractivity contribution is -0.120. The Morgan fingerprint density at radius 3 is 2.25 bits per heavy atom. The smallest absolute Gasteiger partial charge is 0.241 e. The number of rotatable bonds is 4. The Morgan fingerprint density at radius 2 is 1.62 bits per heavy atom. The van der Waals surface area contributed by atoms with Crippen LogP contribution in [-0.2, 0) is 11.8 Å². The fourth-order valence-electron chi connectivity index (χ4n) is 3.76. The highest BCUT2D eigenvalue weighted by atomic mass is 16.2. The molecule has 24 heavy (non-hydrogen) atoms. The van der Waals surface area contributed by atoms with Gasteiger partial charge in [0, 0.05) is 20.1 Å². The van der Waals surface area contributed by atoms with Gasteiger partial charge in [0.2, 0.25) is 5.91 Å². The van der Waals surface area contributed by atoms with Crippen LogP contribution in [-0.4, -0.2) is 52.8 Å². The SMILES string of the molecule is Cc1c(NC(=O)C(C)N2CCCCCC2)c(N2CCCC2)nn1C. The third-order valence-electron chi connectivity index (χ3n) is 5.54. The van der Waals surface area contributed by atoms with Crippen LogP contribution in [0, 0.1) is 6.92 Å². The number of carbonyl (C=O) groups is 1. The summed E-state index contributed by atoms with van der Waals surface area (Å²) in [5.41, 5.74) is 1.92. The molecule has 2 aliphatic rings. The highest BCUT2D eigenvalue weighted by Gasteiger charge is 2.27. The maximum atomic E-state index is 12.8. The van der Waals surface area contributed by atoms with Crippen molar-refractivity contribution in [1.29, 1.82) is 0 Å². The number of aryl methyl sites for hydroxylation is 1. The molecule has 1 atom stereocenters. The zero-order valence-corrected chi connectivity index (χ0v) is 15.3. The van der Waals surface area contributed by atoms with Crippen molar-refractivity contribution in [2.75, 3.05) is 36.4 Å². The van der Waals surface area contributed by atoms with E-state index in [1.54, 1.807) is 0 Å². The van der Waals surface area contributed by atoms with Crippen molar-refractivity contribution in [3.63, 3.8) is 0 Å². The summed E-state index contributed by atoms with van der Waals surface area (Å²) in [5.74, 6) is 1.03. The number of carbonyl (C=O) groups excluding carboxylic acids is 1. The minimum Gasteiger partial charge on any atom is -0.353 e. The van der Waals surface area contributed by atoms with Crippen molar-refractivity contribution >= 4 is 17.4 Å². The maximum Gasteiger partial charge on any atom is 0.241 e. The Balaban J connectivity index is 1.73. The molecule has 6 heteroatoms. The van der Waals surface area contributed by atoms with Crippen molar-refractivity contribution < 1.29 is 4.79 Å². The van der Waals surface area contributed by atoms with Gasteiger partial charge in [-0.2, -0.15) is 5.10 Å². The lowest BCUT2D eigenvalue weighted by Gasteiger charge is -2.27. The molecule has 0 bridgehead atoms. The molecule has 2 saturated heterocycles. The van der Waals surface area contributed by atoms with E-state index >= 15 is 0 Å². The molecule has 1 aromatic rings. The monoisotopic (exact) mass is 333 g/mol. The third-order valence-corrected chi connectivity index (χ3v) is 5.54. The first-order valence-electron chi connectivity index (χ1n) is 9.41. The summed E-state index contributed by atoms with van der Waals surface area (Å²) in [6, 6.07) is -0.0888. The van der Waals surface area contributed by atoms with Crippen LogP contribution in [0.2, 0.25) is 0 Å². The van der Waals surface area contributed by atoms with Crippen LogP contribution in [0.1, 0.15) is 51.1 Å². The Kier molecular flexibility index (Phi) is 5.43. The molecule has 0 saturated carbocycles. The van der Waals surface area contributed by atoms with E-state index in [4.69, 9.17) is 0 Å². The summed E-state index contributed by atoms with van der Waals surface area (Å²) >= 11 is 0. The average Bonchev–Trinajstić information content (AvgIpc) is 3.09. The van der Waals surface area contributed by atoms with Crippen molar-refractivity contribution in [1.82, 2.24) is 14.7 Å². The molecule has 0 radical (unpaired) electrons. The molecular weight excluding hydrogens is 302 g/mol. The van der Waals surface area contributed by atoms with Gasteiger partial charge in [-0.25, -0.2) is 0 Å². The molecule has 1 aromatic heterocycles. The van der Waals surface area contributed by atoms with Crippen LogP contribution in [0.25, 0.3) is 0 Å². The molecule has 1 N–H and O–H groups in total. The molecule has 0 spiro atoms. The zero-order chi connectivity index (χ0) is 17.1. The predicted octanol–water partition coefficient (Wildman–Crippen LogP) is 2.53. The number of nitrogens with one attached hydrogen (secondary N) is 1. The summed E-state index contributed by atoms with van der Waals surface area (Å²) in [6.07, 6.45) is 7.36. The normalized spacial score (nSPS) is 20.9. The van der Waals surface area contributed by atoms with E-state index in [0.717, 1.165) is 43.4 Å². The number of nitrogens with zero attached hydrogens (tertiary/aromatic N) is 4. The van der Waals surface area contributed by atoms with E-state index in [1.807, 2.05) is 25.6 Å². The van der Waals surface area contributed by atoms with E-state index in [1.165, 1.54) is 38.5 Å². The molecule has 6 nitrogen and oxygen atoms in total. The first-order valence-corrected chi connectivity index (χ1v) is 9.41. The van der Waals surface area contributed by atoms with Crippen LogP contribution in [0.3, 0.4) is 0 Å². The largest absolute Gasteiger partial charge is 0.353 e. The lowest BCUT2D eigenvalue weighted by Crippen LogP contribution is -2.42. The van der Waals surface area contributed by atoms with Crippen molar-refractivity contribution in [2.24, 2.45) is 7.05 Å². The number of hydrogen-bond acceptors (Lipinski definition) is 4. The maximum absolute atomic E-state index is 12.8. The Morgan fingerprint density at radius 1 is 1.04 bits per heavy atom. The molecule has 134 valence electrons. The molecule has 0 aliphatic carbocycles. The Hall–Kier alpha value is -1.56. The van der Waals surface area contributed by atoms with Gasteiger partial charge in [-0.15, -0.1) is 0 Å². The summed E-state index contributed by atoms with van der Waals surface area (Å²) in [6.45, 7) is 8.17. The van der Waals surface area contributed by atoms with E-state index in [-0.39, 0.29) is 11.9 Å². The van der Waals surface area contributed by atoms with Crippen LogP contribution >= 0.6 is 0 Å². The van der Waals surface area contributed by atoms with Crippen molar-refractivity contribution in [3.8, 4) is 0 Å². The quantitative estimate of drug-likeness (QED) is 0.920. The topological polar surface area (TPSA) is 53.4 Å². The molecule has 1 amide bonds. The predicted molar refractivity (Wildman–Crippen MR) is 97.5 cm³/mol. The molecule has 3 rings (SSSR count). The first kappa shape index (κ1) is 17.3. The molecule has 0 aromatic carbocycles. The summed E-state index contributed by atoms with van der Waals surface area (Å²) in [7, 11) is 1.95. The standard InChI is InChI=1S/C18H31N5O/c1-14-16(17(20-21(14)3)23-12-8-9-13-23)19-18(24)15(2)22-10-6-4-5-7-11-22/h15H,4-13H2,1-3H3,(H,19,24). The van der Waals surface area contributed by atoms with Crippen LogP contribution in [0.4, 0.5) is 11.5 Å².